The molecule has 0 heterocycles. The van der Waals surface area contributed by atoms with Crippen molar-refractivity contribution >= 4 is 11.4 Å². The fourth-order valence-electron chi connectivity index (χ4n) is 1.59. The molecular formula is C10H17N3O. The molecule has 0 aliphatic carbocycles. The number of rotatable bonds is 3. The van der Waals surface area contributed by atoms with E-state index in [0.29, 0.717) is 17.9 Å². The Kier molecular flexibility index (Phi) is 3.19. The van der Waals surface area contributed by atoms with Crippen LogP contribution in [0.15, 0.2) is 6.07 Å². The lowest BCUT2D eigenvalue weighted by Gasteiger charge is -2.14. The summed E-state index contributed by atoms with van der Waals surface area (Å²) in [4.78, 5) is 0. The van der Waals surface area contributed by atoms with Crippen molar-refractivity contribution in [3.05, 3.63) is 17.2 Å². The van der Waals surface area contributed by atoms with Crippen molar-refractivity contribution in [2.24, 2.45) is 0 Å². The molecule has 4 nitrogen and oxygen atoms in total. The summed E-state index contributed by atoms with van der Waals surface area (Å²) < 4.78 is 0. The number of hydrogen-bond donors (Lipinski definition) is 4. The highest BCUT2D eigenvalue weighted by Gasteiger charge is 2.11. The number of phenolic OH excluding ortho intramolecular Hbond substituents is 1. The van der Waals surface area contributed by atoms with Gasteiger partial charge in [0.15, 0.2) is 0 Å². The summed E-state index contributed by atoms with van der Waals surface area (Å²) in [5, 5.41) is 12.5. The number of hydrogen-bond acceptors (Lipinski definition) is 4. The van der Waals surface area contributed by atoms with Crippen LogP contribution in [0.3, 0.4) is 0 Å². The van der Waals surface area contributed by atoms with Crippen molar-refractivity contribution in [3.8, 4) is 5.75 Å². The van der Waals surface area contributed by atoms with E-state index in [4.69, 9.17) is 11.5 Å². The molecule has 0 aromatic heterocycles. The van der Waals surface area contributed by atoms with Gasteiger partial charge in [-0.05, 0) is 24.6 Å². The zero-order valence-corrected chi connectivity index (χ0v) is 8.59. The average Bonchev–Trinajstić information content (AvgIpc) is 2.15. The van der Waals surface area contributed by atoms with Gasteiger partial charge in [0.25, 0.3) is 0 Å². The number of nitrogen functional groups attached to an aromatic ring is 2. The molecule has 1 aromatic rings. The molecule has 0 aliphatic rings. The van der Waals surface area contributed by atoms with Crippen LogP contribution in [-0.2, 0) is 13.0 Å². The van der Waals surface area contributed by atoms with Gasteiger partial charge < -0.3 is 21.9 Å². The lowest BCUT2D eigenvalue weighted by Crippen LogP contribution is -2.12. The van der Waals surface area contributed by atoms with E-state index in [2.05, 4.69) is 5.32 Å². The van der Waals surface area contributed by atoms with Gasteiger partial charge in [-0.15, -0.1) is 0 Å². The van der Waals surface area contributed by atoms with Gasteiger partial charge in [-0.2, -0.15) is 0 Å². The highest BCUT2D eigenvalue weighted by Crippen LogP contribution is 2.32. The van der Waals surface area contributed by atoms with Crippen LogP contribution < -0.4 is 16.8 Å². The average molecular weight is 195 g/mol. The second-order valence-electron chi connectivity index (χ2n) is 3.24. The Balaban J connectivity index is 3.31. The van der Waals surface area contributed by atoms with Crippen LogP contribution in [0.5, 0.6) is 5.75 Å². The molecular weight excluding hydrogens is 178 g/mol. The minimum atomic E-state index is 0.0687. The summed E-state index contributed by atoms with van der Waals surface area (Å²) in [6, 6.07) is 1.50. The highest BCUT2D eigenvalue weighted by atomic mass is 16.3. The molecule has 0 atom stereocenters. The number of nitrogens with one attached hydrogen (secondary N) is 1. The third-order valence-corrected chi connectivity index (χ3v) is 2.31. The predicted octanol–water partition coefficient (Wildman–Crippen LogP) is 0.838. The van der Waals surface area contributed by atoms with Crippen molar-refractivity contribution in [3.63, 3.8) is 0 Å². The van der Waals surface area contributed by atoms with Crippen LogP contribution in [0.2, 0.25) is 0 Å². The first-order chi connectivity index (χ1) is 6.61. The first kappa shape index (κ1) is 10.7. The summed E-state index contributed by atoms with van der Waals surface area (Å²) in [5.74, 6) is 0.0687. The Morgan fingerprint density at radius 2 is 2.00 bits per heavy atom. The van der Waals surface area contributed by atoms with Crippen molar-refractivity contribution in [1.29, 1.82) is 0 Å². The molecule has 4 heteroatoms. The first-order valence-corrected chi connectivity index (χ1v) is 4.65. The smallest absolute Gasteiger partial charge is 0.140 e. The van der Waals surface area contributed by atoms with E-state index in [1.165, 1.54) is 6.07 Å². The largest absolute Gasteiger partial charge is 0.506 e. The van der Waals surface area contributed by atoms with Gasteiger partial charge in [0, 0.05) is 18.3 Å². The maximum atomic E-state index is 9.48. The molecule has 1 rings (SSSR count). The molecule has 78 valence electrons. The number of phenols is 1. The van der Waals surface area contributed by atoms with E-state index in [-0.39, 0.29) is 5.75 Å². The molecule has 0 aliphatic heterocycles. The van der Waals surface area contributed by atoms with Gasteiger partial charge in [0.2, 0.25) is 0 Å². The number of anilines is 2. The molecule has 0 bridgehead atoms. The molecule has 0 amide bonds. The quantitative estimate of drug-likeness (QED) is 0.425. The fraction of sp³-hybridized carbons (Fsp3) is 0.400. The predicted molar refractivity (Wildman–Crippen MR) is 59.1 cm³/mol. The van der Waals surface area contributed by atoms with Gasteiger partial charge in [-0.3, -0.25) is 0 Å². The van der Waals surface area contributed by atoms with E-state index >= 15 is 0 Å². The molecule has 0 saturated heterocycles. The van der Waals surface area contributed by atoms with Gasteiger partial charge >= 0.3 is 0 Å². The number of aromatic hydroxyl groups is 1. The molecule has 0 fully saturated rings. The highest BCUT2D eigenvalue weighted by molar-refractivity contribution is 5.69. The third-order valence-electron chi connectivity index (χ3n) is 2.31. The molecule has 6 N–H and O–H groups in total. The molecule has 0 radical (unpaired) electrons. The van der Waals surface area contributed by atoms with Crippen molar-refractivity contribution < 1.29 is 5.11 Å². The summed E-state index contributed by atoms with van der Waals surface area (Å²) in [5.41, 5.74) is 14.5. The van der Waals surface area contributed by atoms with Gasteiger partial charge in [0.1, 0.15) is 5.75 Å². The van der Waals surface area contributed by atoms with Gasteiger partial charge in [-0.25, -0.2) is 0 Å². The minimum Gasteiger partial charge on any atom is -0.506 e. The molecule has 0 spiro atoms. The lowest BCUT2D eigenvalue weighted by atomic mass is 10.0. The van der Waals surface area contributed by atoms with Crippen LogP contribution in [0, 0.1) is 0 Å². The van der Waals surface area contributed by atoms with E-state index in [0.717, 1.165) is 17.5 Å². The van der Waals surface area contributed by atoms with Crippen molar-refractivity contribution in [2.45, 2.75) is 19.9 Å². The SMILES string of the molecule is CCc1c(N)c(O)cc(N)c1CNC. The van der Waals surface area contributed by atoms with Crippen LogP contribution in [0.4, 0.5) is 11.4 Å². The fourth-order valence-corrected chi connectivity index (χ4v) is 1.59. The normalized spacial score (nSPS) is 10.4. The Bertz CT molecular complexity index is 337. The Morgan fingerprint density at radius 3 is 2.50 bits per heavy atom. The second kappa shape index (κ2) is 4.19. The van der Waals surface area contributed by atoms with E-state index in [1.807, 2.05) is 14.0 Å². The standard InChI is InChI=1S/C10H17N3O/c1-3-6-7(5-13-2)8(11)4-9(14)10(6)12/h4,13-14H,3,5,11-12H2,1-2H3. The van der Waals surface area contributed by atoms with Gasteiger partial charge in [-0.1, -0.05) is 6.92 Å². The zero-order chi connectivity index (χ0) is 10.7. The van der Waals surface area contributed by atoms with E-state index < -0.39 is 0 Å². The molecule has 14 heavy (non-hydrogen) atoms. The van der Waals surface area contributed by atoms with Crippen LogP contribution in [0.1, 0.15) is 18.1 Å². The maximum Gasteiger partial charge on any atom is 0.140 e. The summed E-state index contributed by atoms with van der Waals surface area (Å²) >= 11 is 0. The summed E-state index contributed by atoms with van der Waals surface area (Å²) in [7, 11) is 1.85. The number of nitrogens with two attached hydrogens (primary N) is 2. The lowest BCUT2D eigenvalue weighted by molar-refractivity contribution is 0.477. The van der Waals surface area contributed by atoms with Crippen molar-refractivity contribution in [1.82, 2.24) is 5.32 Å². The third kappa shape index (κ3) is 1.75. The molecule has 0 saturated carbocycles. The van der Waals surface area contributed by atoms with Crippen molar-refractivity contribution in [2.75, 3.05) is 18.5 Å². The molecule has 1 aromatic carbocycles. The van der Waals surface area contributed by atoms with E-state index in [9.17, 15) is 5.11 Å². The molecule has 0 unspecified atom stereocenters. The van der Waals surface area contributed by atoms with Crippen LogP contribution >= 0.6 is 0 Å². The zero-order valence-electron chi connectivity index (χ0n) is 8.59. The van der Waals surface area contributed by atoms with Gasteiger partial charge in [0.05, 0.1) is 5.69 Å². The summed E-state index contributed by atoms with van der Waals surface area (Å²) in [6.07, 6.45) is 0.765. The maximum absolute atomic E-state index is 9.48. The van der Waals surface area contributed by atoms with Crippen LogP contribution in [-0.4, -0.2) is 12.2 Å². The number of benzene rings is 1. The van der Waals surface area contributed by atoms with E-state index in [1.54, 1.807) is 0 Å². The topological polar surface area (TPSA) is 84.3 Å². The first-order valence-electron chi connectivity index (χ1n) is 4.65. The second-order valence-corrected chi connectivity index (χ2v) is 3.24. The Labute approximate surface area is 83.9 Å². The monoisotopic (exact) mass is 195 g/mol. The Hall–Kier alpha value is -1.42. The minimum absolute atomic E-state index is 0.0687. The summed E-state index contributed by atoms with van der Waals surface area (Å²) in [6.45, 7) is 2.66. The van der Waals surface area contributed by atoms with Crippen LogP contribution in [0.25, 0.3) is 0 Å². The Morgan fingerprint density at radius 1 is 1.36 bits per heavy atom.